The zero-order valence-corrected chi connectivity index (χ0v) is 48.3. The van der Waals surface area contributed by atoms with Crippen molar-refractivity contribution < 1.29 is 37.3 Å². The normalized spacial score (nSPS) is 14.4. The van der Waals surface area contributed by atoms with Gasteiger partial charge >= 0.3 is 5.97 Å². The van der Waals surface area contributed by atoms with Gasteiger partial charge in [0.1, 0.15) is 19.3 Å². The van der Waals surface area contributed by atoms with E-state index < -0.39 is 26.6 Å². The van der Waals surface area contributed by atoms with Crippen molar-refractivity contribution in [3.8, 4) is 0 Å². The number of likely N-dealkylation sites (N-methyl/N-ethyl adjacent to an activating group) is 1. The molecule has 3 atom stereocenters. The van der Waals surface area contributed by atoms with Crippen LogP contribution in [0.5, 0.6) is 0 Å². The van der Waals surface area contributed by atoms with E-state index in [-0.39, 0.29) is 31.3 Å². The van der Waals surface area contributed by atoms with Gasteiger partial charge in [0.2, 0.25) is 5.91 Å². The zero-order chi connectivity index (χ0) is 52.9. The zero-order valence-electron chi connectivity index (χ0n) is 47.4. The average Bonchev–Trinajstić information content (AvgIpc) is 3.34. The van der Waals surface area contributed by atoms with Crippen molar-refractivity contribution in [2.75, 3.05) is 40.9 Å². The van der Waals surface area contributed by atoms with Gasteiger partial charge in [-0.25, -0.2) is 0 Å². The molecule has 0 aromatic rings. The number of quaternary nitrogens is 1. The Labute approximate surface area is 444 Å². The number of rotatable bonds is 52. The summed E-state index contributed by atoms with van der Waals surface area (Å²) in [6.07, 6.45) is 67.0. The average molecular weight is 1030 g/mol. The lowest BCUT2D eigenvalue weighted by Gasteiger charge is -2.30. The molecule has 0 saturated heterocycles. The monoisotopic (exact) mass is 1030 g/mol. The number of phosphoric acid groups is 1. The van der Waals surface area contributed by atoms with E-state index in [1.54, 1.807) is 0 Å². The predicted octanol–water partition coefficient (Wildman–Crippen LogP) is 17.2. The van der Waals surface area contributed by atoms with E-state index in [2.05, 4.69) is 99.0 Å². The van der Waals surface area contributed by atoms with Crippen LogP contribution in [0, 0.1) is 0 Å². The molecule has 0 aliphatic heterocycles. The molecule has 0 spiro atoms. The molecule has 0 saturated carbocycles. The van der Waals surface area contributed by atoms with Gasteiger partial charge < -0.3 is 28.5 Å². The number of unbranched alkanes of at least 4 members (excludes halogenated alkanes) is 24. The molecule has 1 N–H and O–H groups in total. The van der Waals surface area contributed by atoms with Crippen LogP contribution in [0.15, 0.2) is 85.1 Å². The fraction of sp³-hybridized carbons (Fsp3) is 0.742. The Hall–Kier alpha value is -2.81. The quantitative estimate of drug-likeness (QED) is 0.0212. The number of carbonyl (C=O) groups excluding carboxylic acids is 2. The maximum absolute atomic E-state index is 13.5. The summed E-state index contributed by atoms with van der Waals surface area (Å²) in [6.45, 7) is 6.67. The summed E-state index contributed by atoms with van der Waals surface area (Å²) < 4.78 is 30.2. The van der Waals surface area contributed by atoms with Crippen LogP contribution in [0.25, 0.3) is 0 Å². The number of hydrogen-bond acceptors (Lipinski definition) is 7. The number of phosphoric ester groups is 1. The first-order chi connectivity index (χ1) is 34.9. The summed E-state index contributed by atoms with van der Waals surface area (Å²) in [4.78, 5) is 39.9. The fourth-order valence-electron chi connectivity index (χ4n) is 8.02. The van der Waals surface area contributed by atoms with Crippen molar-refractivity contribution in [3.63, 3.8) is 0 Å². The third-order valence-electron chi connectivity index (χ3n) is 12.6. The topological polar surface area (TPSA) is 114 Å². The Morgan fingerprint density at radius 2 is 0.903 bits per heavy atom. The lowest BCUT2D eigenvalue weighted by Crippen LogP contribution is -2.47. The van der Waals surface area contributed by atoms with Gasteiger partial charge in [0.15, 0.2) is 0 Å². The molecule has 0 radical (unpaired) electrons. The Kier molecular flexibility index (Phi) is 49.6. The van der Waals surface area contributed by atoms with Gasteiger partial charge in [0.05, 0.1) is 33.8 Å². The number of allylic oxidation sites excluding steroid dienone is 13. The Balaban J connectivity index is 5.42. The molecule has 0 fully saturated rings. The van der Waals surface area contributed by atoms with Gasteiger partial charge in [-0.05, 0) is 96.0 Å². The molecule has 0 aromatic carbocycles. The van der Waals surface area contributed by atoms with Gasteiger partial charge in [-0.2, -0.15) is 0 Å². The molecule has 3 unspecified atom stereocenters. The molecule has 0 aliphatic rings. The summed E-state index contributed by atoms with van der Waals surface area (Å²) in [7, 11) is 1.14. The Bertz CT molecular complexity index is 1510. The lowest BCUT2D eigenvalue weighted by atomic mass is 10.1. The Morgan fingerprint density at radius 3 is 1.38 bits per heavy atom. The van der Waals surface area contributed by atoms with E-state index in [0.717, 1.165) is 83.5 Å². The van der Waals surface area contributed by atoms with Gasteiger partial charge in [0.25, 0.3) is 7.82 Å². The second-order valence-electron chi connectivity index (χ2n) is 20.8. The van der Waals surface area contributed by atoms with Crippen molar-refractivity contribution >= 4 is 19.7 Å². The van der Waals surface area contributed by atoms with Crippen LogP contribution in [-0.4, -0.2) is 69.4 Å². The molecule has 0 aliphatic carbocycles. The molecule has 0 aromatic heterocycles. The van der Waals surface area contributed by atoms with E-state index in [0.29, 0.717) is 23.9 Å². The molecule has 0 rings (SSSR count). The van der Waals surface area contributed by atoms with Crippen LogP contribution >= 0.6 is 7.82 Å². The number of nitrogens with zero attached hydrogens (tertiary/aromatic N) is 1. The second kappa shape index (κ2) is 51.7. The number of esters is 1. The van der Waals surface area contributed by atoms with Crippen LogP contribution in [0.4, 0.5) is 0 Å². The van der Waals surface area contributed by atoms with Crippen molar-refractivity contribution in [1.29, 1.82) is 0 Å². The third-order valence-corrected chi connectivity index (χ3v) is 13.5. The highest BCUT2D eigenvalue weighted by molar-refractivity contribution is 7.45. The summed E-state index contributed by atoms with van der Waals surface area (Å²) >= 11 is 0. The van der Waals surface area contributed by atoms with Crippen molar-refractivity contribution in [1.82, 2.24) is 5.32 Å². The molecule has 9 nitrogen and oxygen atoms in total. The first-order valence-electron chi connectivity index (χ1n) is 29.4. The molecule has 0 heterocycles. The molecular formula is C62H111N2O7P. The highest BCUT2D eigenvalue weighted by Gasteiger charge is 2.27. The number of ether oxygens (including phenoxy) is 1. The largest absolute Gasteiger partial charge is 0.756 e. The third kappa shape index (κ3) is 52.1. The number of hydrogen-bond donors (Lipinski definition) is 1. The van der Waals surface area contributed by atoms with Gasteiger partial charge in [-0.15, -0.1) is 0 Å². The smallest absolute Gasteiger partial charge is 0.306 e. The Morgan fingerprint density at radius 1 is 0.500 bits per heavy atom. The minimum atomic E-state index is -4.71. The maximum atomic E-state index is 13.5. The summed E-state index contributed by atoms with van der Waals surface area (Å²) in [5.74, 6) is -0.616. The van der Waals surface area contributed by atoms with Crippen LogP contribution in [-0.2, 0) is 27.9 Å². The molecule has 72 heavy (non-hydrogen) atoms. The highest BCUT2D eigenvalue weighted by atomic mass is 31.2. The van der Waals surface area contributed by atoms with Crippen molar-refractivity contribution in [3.05, 3.63) is 85.1 Å². The SMILES string of the molecule is CC/C=C\C/C=C\C/C=C\C/C=C\C/C=C\CCCC(=O)NC(COP(=O)([O-])OCC[N+](C)(C)C)C(/C=C/CCCCCCCCCCCC)OC(=O)CCCCCCCCC/C=C/CCCCCCCC. The van der Waals surface area contributed by atoms with E-state index in [9.17, 15) is 19.0 Å². The number of carbonyl (C=O) groups is 2. The van der Waals surface area contributed by atoms with E-state index in [1.807, 2.05) is 33.3 Å². The van der Waals surface area contributed by atoms with E-state index in [1.165, 1.54) is 116 Å². The van der Waals surface area contributed by atoms with Gasteiger partial charge in [-0.3, -0.25) is 14.2 Å². The van der Waals surface area contributed by atoms with Crippen molar-refractivity contribution in [2.24, 2.45) is 0 Å². The maximum Gasteiger partial charge on any atom is 0.306 e. The minimum Gasteiger partial charge on any atom is -0.756 e. The van der Waals surface area contributed by atoms with Crippen LogP contribution < -0.4 is 10.2 Å². The highest BCUT2D eigenvalue weighted by Crippen LogP contribution is 2.38. The van der Waals surface area contributed by atoms with Crippen molar-refractivity contribution in [2.45, 2.75) is 258 Å². The second-order valence-corrected chi connectivity index (χ2v) is 22.2. The molecule has 1 amide bonds. The van der Waals surface area contributed by atoms with Crippen LogP contribution in [0.3, 0.4) is 0 Å². The van der Waals surface area contributed by atoms with Gasteiger partial charge in [-0.1, -0.05) is 222 Å². The van der Waals surface area contributed by atoms with E-state index in [4.69, 9.17) is 13.8 Å². The summed E-state index contributed by atoms with van der Waals surface area (Å²) in [6, 6.07) is -0.922. The first-order valence-corrected chi connectivity index (χ1v) is 30.9. The number of amides is 1. The summed E-state index contributed by atoms with van der Waals surface area (Å²) in [5.41, 5.74) is 0. The molecular weight excluding hydrogens is 916 g/mol. The molecule has 0 bridgehead atoms. The first kappa shape index (κ1) is 69.2. The molecule has 10 heteroatoms. The lowest BCUT2D eigenvalue weighted by molar-refractivity contribution is -0.870. The van der Waals surface area contributed by atoms with Gasteiger partial charge in [0, 0.05) is 12.8 Å². The number of nitrogens with one attached hydrogen (secondary N) is 1. The van der Waals surface area contributed by atoms with E-state index >= 15 is 0 Å². The standard InChI is InChI=1S/C62H111N2O7P/c1-7-10-13-16-19-22-25-28-30-32-34-36-39-42-45-48-51-54-61(65)63-59(58-70-72(67,68)69-57-56-64(4,5)6)60(53-50-47-44-41-38-27-24-21-18-15-12-9-3)71-62(66)55-52-49-46-43-40-37-35-33-31-29-26-23-20-17-14-11-8-2/h10,13,19,22,28-31,34,36,42,45,50,53,59-60H,7-9,11-12,14-18,20-21,23-27,32-33,35,37-41,43-44,46-49,51-52,54-58H2,1-6H3,(H-,63,65,67,68)/b13-10-,22-19-,30-28-,31-29+,36-34-,45-42-,53-50+. The predicted molar refractivity (Wildman–Crippen MR) is 307 cm³/mol. The van der Waals surface area contributed by atoms with Crippen LogP contribution in [0.1, 0.15) is 245 Å². The molecule has 416 valence electrons. The minimum absolute atomic E-state index is 0.0367. The van der Waals surface area contributed by atoms with Crippen LogP contribution in [0.2, 0.25) is 0 Å². The summed E-state index contributed by atoms with van der Waals surface area (Å²) in [5, 5.41) is 2.99. The fourth-order valence-corrected chi connectivity index (χ4v) is 8.74.